The molecule has 38 heavy (non-hydrogen) atoms. The van der Waals surface area contributed by atoms with Gasteiger partial charge in [0.2, 0.25) is 5.91 Å². The molecule has 1 aliphatic carbocycles. The fourth-order valence-corrected chi connectivity index (χ4v) is 6.30. The average Bonchev–Trinajstić information content (AvgIpc) is 3.55. The van der Waals surface area contributed by atoms with Crippen molar-refractivity contribution in [3.63, 3.8) is 0 Å². The number of imidazole rings is 1. The van der Waals surface area contributed by atoms with Gasteiger partial charge in [0.25, 0.3) is 5.91 Å². The molecule has 2 fully saturated rings. The molecule has 7 heteroatoms. The third-order valence-corrected chi connectivity index (χ3v) is 8.77. The van der Waals surface area contributed by atoms with E-state index >= 15 is 0 Å². The Morgan fingerprint density at radius 2 is 1.76 bits per heavy atom. The van der Waals surface area contributed by atoms with Crippen molar-refractivity contribution in [2.75, 3.05) is 19.6 Å². The largest absolute Gasteiger partial charge is 0.340 e. The SMILES string of the molecule is CC(=O)N1Cc2[nH]c(-c3cc(C(=O)N4CCC(c5ccc(C#N)cc5)CC4)c(C)cc3C)nc2C2(CC2)C1. The first-order valence-corrected chi connectivity index (χ1v) is 13.5. The van der Waals surface area contributed by atoms with Crippen molar-refractivity contribution in [2.45, 2.75) is 64.3 Å². The number of benzene rings is 2. The van der Waals surface area contributed by atoms with E-state index in [4.69, 9.17) is 10.2 Å². The summed E-state index contributed by atoms with van der Waals surface area (Å²) in [6.07, 6.45) is 3.94. The van der Waals surface area contributed by atoms with Gasteiger partial charge in [0.15, 0.2) is 0 Å². The predicted octanol–water partition coefficient (Wildman–Crippen LogP) is 4.98. The van der Waals surface area contributed by atoms with Crippen LogP contribution in [-0.2, 0) is 16.8 Å². The maximum Gasteiger partial charge on any atom is 0.254 e. The summed E-state index contributed by atoms with van der Waals surface area (Å²) in [6.45, 7) is 8.43. The quantitative estimate of drug-likeness (QED) is 0.541. The van der Waals surface area contributed by atoms with Crippen LogP contribution in [0.5, 0.6) is 0 Å². The fourth-order valence-electron chi connectivity index (χ4n) is 6.30. The van der Waals surface area contributed by atoms with Crippen molar-refractivity contribution in [1.29, 1.82) is 5.26 Å². The summed E-state index contributed by atoms with van der Waals surface area (Å²) >= 11 is 0. The number of rotatable bonds is 3. The van der Waals surface area contributed by atoms with E-state index in [2.05, 4.69) is 24.0 Å². The molecular formula is C31H33N5O2. The Kier molecular flexibility index (Phi) is 5.86. The lowest BCUT2D eigenvalue weighted by atomic mass is 9.88. The van der Waals surface area contributed by atoms with E-state index in [1.54, 1.807) is 6.92 Å². The number of H-pyrrole nitrogens is 1. The highest BCUT2D eigenvalue weighted by Gasteiger charge is 2.52. The van der Waals surface area contributed by atoms with Crippen LogP contribution in [0.1, 0.15) is 82.5 Å². The Balaban J connectivity index is 1.23. The van der Waals surface area contributed by atoms with E-state index in [-0.39, 0.29) is 17.2 Å². The molecule has 0 bridgehead atoms. The zero-order valence-corrected chi connectivity index (χ0v) is 22.3. The number of fused-ring (bicyclic) bond motifs is 2. The van der Waals surface area contributed by atoms with E-state index in [0.29, 0.717) is 31.1 Å². The third-order valence-electron chi connectivity index (χ3n) is 8.77. The molecule has 1 aromatic heterocycles. The lowest BCUT2D eigenvalue weighted by Crippen LogP contribution is -2.40. The molecule has 2 amide bonds. The number of aromatic amines is 1. The van der Waals surface area contributed by atoms with Gasteiger partial charge in [0.05, 0.1) is 29.6 Å². The van der Waals surface area contributed by atoms with Gasteiger partial charge in [-0.2, -0.15) is 5.26 Å². The standard InChI is InChI=1S/C31H33N5O2/c1-19-14-20(2)26(30(38)35-12-8-24(9-13-35)23-6-4-22(16-32)5-7-23)15-25(19)29-33-27-17-36(21(3)37)18-31(10-11-31)28(27)34-29/h4-7,14-15,24H,8-13,17-18H2,1-3H3,(H,33,34). The number of carbonyl (C=O) groups excluding carboxylic acids is 2. The number of piperidine rings is 1. The molecular weight excluding hydrogens is 474 g/mol. The van der Waals surface area contributed by atoms with Crippen molar-refractivity contribution in [3.8, 4) is 17.5 Å². The Labute approximate surface area is 223 Å². The number of nitrogens with zero attached hydrogens (tertiary/aromatic N) is 4. The lowest BCUT2D eigenvalue weighted by molar-refractivity contribution is -0.130. The number of aromatic nitrogens is 2. The summed E-state index contributed by atoms with van der Waals surface area (Å²) in [5.41, 5.74) is 7.76. The fraction of sp³-hybridized carbons (Fsp3) is 0.419. The molecule has 1 saturated heterocycles. The van der Waals surface area contributed by atoms with Crippen molar-refractivity contribution in [3.05, 3.63) is 75.6 Å². The Bertz CT molecular complexity index is 1470. The summed E-state index contributed by atoms with van der Waals surface area (Å²) in [4.78, 5) is 38.3. The summed E-state index contributed by atoms with van der Waals surface area (Å²) in [5.74, 6) is 1.36. The van der Waals surface area contributed by atoms with Crippen LogP contribution in [0.3, 0.4) is 0 Å². The van der Waals surface area contributed by atoms with Crippen LogP contribution >= 0.6 is 0 Å². The molecule has 0 unspecified atom stereocenters. The zero-order chi connectivity index (χ0) is 26.6. The van der Waals surface area contributed by atoms with Gasteiger partial charge in [-0.25, -0.2) is 4.98 Å². The number of hydrogen-bond acceptors (Lipinski definition) is 4. The molecule has 3 heterocycles. The molecule has 0 radical (unpaired) electrons. The van der Waals surface area contributed by atoms with Crippen molar-refractivity contribution < 1.29 is 9.59 Å². The van der Waals surface area contributed by atoms with Crippen molar-refractivity contribution >= 4 is 11.8 Å². The highest BCUT2D eigenvalue weighted by Crippen LogP contribution is 2.52. The Morgan fingerprint density at radius 1 is 1.05 bits per heavy atom. The molecule has 0 atom stereocenters. The summed E-state index contributed by atoms with van der Waals surface area (Å²) < 4.78 is 0. The van der Waals surface area contributed by atoms with Gasteiger partial charge in [0.1, 0.15) is 5.82 Å². The number of nitrogens with one attached hydrogen (secondary N) is 1. The van der Waals surface area contributed by atoms with Crippen LogP contribution < -0.4 is 0 Å². The third kappa shape index (κ3) is 4.18. The minimum absolute atomic E-state index is 0.00940. The maximum absolute atomic E-state index is 13.7. The first-order chi connectivity index (χ1) is 18.3. The summed E-state index contributed by atoms with van der Waals surface area (Å²) in [6, 6.07) is 14.1. The molecule has 1 saturated carbocycles. The monoisotopic (exact) mass is 507 g/mol. The molecule has 2 aromatic carbocycles. The number of hydrogen-bond donors (Lipinski definition) is 1. The van der Waals surface area contributed by atoms with E-state index in [1.807, 2.05) is 47.1 Å². The second-order valence-electron chi connectivity index (χ2n) is 11.4. The highest BCUT2D eigenvalue weighted by atomic mass is 16.2. The highest BCUT2D eigenvalue weighted by molar-refractivity contribution is 5.97. The van der Waals surface area contributed by atoms with Crippen LogP contribution in [0.25, 0.3) is 11.4 Å². The second kappa shape index (κ2) is 9.13. The van der Waals surface area contributed by atoms with E-state index in [1.165, 1.54) is 5.56 Å². The molecule has 1 N–H and O–H groups in total. The maximum atomic E-state index is 13.7. The normalized spacial score (nSPS) is 18.3. The molecule has 6 rings (SSSR count). The molecule has 3 aliphatic rings. The molecule has 3 aromatic rings. The van der Waals surface area contributed by atoms with Gasteiger partial charge in [-0.1, -0.05) is 18.2 Å². The number of nitriles is 1. The minimum Gasteiger partial charge on any atom is -0.340 e. The minimum atomic E-state index is -0.00940. The van der Waals surface area contributed by atoms with E-state index in [0.717, 1.165) is 71.7 Å². The van der Waals surface area contributed by atoms with E-state index < -0.39 is 0 Å². The topological polar surface area (TPSA) is 93.1 Å². The van der Waals surface area contributed by atoms with Gasteiger partial charge < -0.3 is 14.8 Å². The summed E-state index contributed by atoms with van der Waals surface area (Å²) in [5, 5.41) is 9.06. The Morgan fingerprint density at radius 3 is 2.39 bits per heavy atom. The smallest absolute Gasteiger partial charge is 0.254 e. The Hall–Kier alpha value is -3.92. The predicted molar refractivity (Wildman–Crippen MR) is 145 cm³/mol. The average molecular weight is 508 g/mol. The zero-order valence-electron chi connectivity index (χ0n) is 22.3. The molecule has 1 spiro atoms. The number of likely N-dealkylation sites (tertiary alicyclic amines) is 1. The molecule has 194 valence electrons. The first-order valence-electron chi connectivity index (χ1n) is 13.5. The van der Waals surface area contributed by atoms with Crippen LogP contribution in [0.4, 0.5) is 0 Å². The van der Waals surface area contributed by atoms with Crippen molar-refractivity contribution in [1.82, 2.24) is 19.8 Å². The van der Waals surface area contributed by atoms with Crippen molar-refractivity contribution in [2.24, 2.45) is 0 Å². The second-order valence-corrected chi connectivity index (χ2v) is 11.4. The van der Waals surface area contributed by atoms with Gasteiger partial charge in [-0.15, -0.1) is 0 Å². The summed E-state index contributed by atoms with van der Waals surface area (Å²) in [7, 11) is 0. The van der Waals surface area contributed by atoms with Crippen LogP contribution in [0, 0.1) is 25.2 Å². The van der Waals surface area contributed by atoms with Gasteiger partial charge in [-0.3, -0.25) is 9.59 Å². The van der Waals surface area contributed by atoms with E-state index in [9.17, 15) is 9.59 Å². The van der Waals surface area contributed by atoms with Gasteiger partial charge in [0, 0.05) is 43.1 Å². The van der Waals surface area contributed by atoms with Crippen LogP contribution in [0.15, 0.2) is 36.4 Å². The van der Waals surface area contributed by atoms with Gasteiger partial charge in [-0.05, 0) is 80.3 Å². The number of amides is 2. The first kappa shape index (κ1) is 24.4. The molecule has 7 nitrogen and oxygen atoms in total. The van der Waals surface area contributed by atoms with Gasteiger partial charge >= 0.3 is 0 Å². The molecule has 2 aliphatic heterocycles. The lowest BCUT2D eigenvalue weighted by Gasteiger charge is -2.32. The number of aryl methyl sites for hydroxylation is 2. The van der Waals surface area contributed by atoms with Crippen LogP contribution in [-0.4, -0.2) is 51.2 Å². The number of carbonyl (C=O) groups is 2. The van der Waals surface area contributed by atoms with Crippen LogP contribution in [0.2, 0.25) is 0 Å².